The molecule has 100 valence electrons. The van der Waals surface area contributed by atoms with E-state index < -0.39 is 18.2 Å². The van der Waals surface area contributed by atoms with E-state index in [0.29, 0.717) is 11.3 Å². The van der Waals surface area contributed by atoms with Gasteiger partial charge in [-0.25, -0.2) is 0 Å². The summed E-state index contributed by atoms with van der Waals surface area (Å²) in [5.41, 5.74) is 0.521. The molecule has 0 aliphatic heterocycles. The van der Waals surface area contributed by atoms with Crippen LogP contribution in [0.15, 0.2) is 24.3 Å². The summed E-state index contributed by atoms with van der Waals surface area (Å²) in [5, 5.41) is 19.6. The summed E-state index contributed by atoms with van der Waals surface area (Å²) < 4.78 is 9.69. The first-order valence-electron chi connectivity index (χ1n) is 5.74. The Kier molecular flexibility index (Phi) is 5.61. The minimum absolute atomic E-state index is 0.235. The minimum Gasteiger partial charge on any atom is -0.497 e. The van der Waals surface area contributed by atoms with E-state index in [9.17, 15) is 15.0 Å². The molecular formula is C13H18O5. The minimum atomic E-state index is -1.18. The Morgan fingerprint density at radius 3 is 2.39 bits per heavy atom. The van der Waals surface area contributed by atoms with Crippen molar-refractivity contribution >= 4 is 5.97 Å². The van der Waals surface area contributed by atoms with Gasteiger partial charge < -0.3 is 19.7 Å². The Labute approximate surface area is 106 Å². The first-order valence-corrected chi connectivity index (χ1v) is 5.74. The summed E-state index contributed by atoms with van der Waals surface area (Å²) in [6, 6.07) is 6.63. The number of benzene rings is 1. The van der Waals surface area contributed by atoms with Crippen molar-refractivity contribution < 1.29 is 24.5 Å². The zero-order valence-corrected chi connectivity index (χ0v) is 10.5. The molecule has 0 saturated heterocycles. The van der Waals surface area contributed by atoms with E-state index in [4.69, 9.17) is 9.47 Å². The fourth-order valence-electron chi connectivity index (χ4n) is 1.53. The van der Waals surface area contributed by atoms with E-state index >= 15 is 0 Å². The third kappa shape index (κ3) is 4.01. The first kappa shape index (κ1) is 14.5. The third-order valence-corrected chi connectivity index (χ3v) is 2.50. The molecule has 2 atom stereocenters. The van der Waals surface area contributed by atoms with Gasteiger partial charge in [-0.3, -0.25) is 4.79 Å². The second kappa shape index (κ2) is 6.98. The number of carbonyl (C=O) groups is 1. The second-order valence-corrected chi connectivity index (χ2v) is 3.79. The quantitative estimate of drug-likeness (QED) is 0.742. The van der Waals surface area contributed by atoms with Gasteiger partial charge >= 0.3 is 5.97 Å². The van der Waals surface area contributed by atoms with Crippen molar-refractivity contribution in [1.82, 2.24) is 0 Å². The number of esters is 1. The molecule has 0 saturated carbocycles. The molecule has 1 rings (SSSR count). The largest absolute Gasteiger partial charge is 0.497 e. The van der Waals surface area contributed by atoms with Gasteiger partial charge in [-0.15, -0.1) is 0 Å². The summed E-state index contributed by atoms with van der Waals surface area (Å²) >= 11 is 0. The van der Waals surface area contributed by atoms with Gasteiger partial charge in [0.2, 0.25) is 0 Å². The topological polar surface area (TPSA) is 76.0 Å². The maximum atomic E-state index is 11.2. The lowest BCUT2D eigenvalue weighted by Crippen LogP contribution is -2.23. The van der Waals surface area contributed by atoms with Crippen LogP contribution >= 0.6 is 0 Å². The number of aliphatic hydroxyl groups is 2. The van der Waals surface area contributed by atoms with Crippen LogP contribution in [0.5, 0.6) is 5.75 Å². The van der Waals surface area contributed by atoms with Crippen LogP contribution in [0.4, 0.5) is 0 Å². The number of methoxy groups -OCH3 is 1. The Bertz CT molecular complexity index is 373. The zero-order chi connectivity index (χ0) is 13.5. The van der Waals surface area contributed by atoms with Crippen molar-refractivity contribution in [1.29, 1.82) is 0 Å². The van der Waals surface area contributed by atoms with Crippen molar-refractivity contribution in [3.05, 3.63) is 29.8 Å². The zero-order valence-electron chi connectivity index (χ0n) is 10.5. The highest BCUT2D eigenvalue weighted by molar-refractivity contribution is 5.70. The lowest BCUT2D eigenvalue weighted by molar-refractivity contribution is -0.147. The lowest BCUT2D eigenvalue weighted by atomic mass is 10.0. The predicted octanol–water partition coefficient (Wildman–Crippen LogP) is 1.04. The first-order chi connectivity index (χ1) is 8.58. The second-order valence-electron chi connectivity index (χ2n) is 3.79. The molecule has 0 spiro atoms. The van der Waals surface area contributed by atoms with E-state index in [-0.39, 0.29) is 13.0 Å². The summed E-state index contributed by atoms with van der Waals surface area (Å²) in [5.74, 6) is 0.128. The van der Waals surface area contributed by atoms with Gasteiger partial charge in [-0.2, -0.15) is 0 Å². The van der Waals surface area contributed by atoms with Crippen LogP contribution < -0.4 is 4.74 Å². The van der Waals surface area contributed by atoms with Crippen molar-refractivity contribution in [2.75, 3.05) is 13.7 Å². The molecule has 18 heavy (non-hydrogen) atoms. The molecule has 0 fully saturated rings. The average Bonchev–Trinajstić information content (AvgIpc) is 2.38. The third-order valence-electron chi connectivity index (χ3n) is 2.50. The Hall–Kier alpha value is -1.59. The Morgan fingerprint density at radius 1 is 1.28 bits per heavy atom. The normalized spacial score (nSPS) is 13.8. The number of hydrogen-bond donors (Lipinski definition) is 2. The monoisotopic (exact) mass is 254 g/mol. The van der Waals surface area contributed by atoms with Crippen molar-refractivity contribution in [2.24, 2.45) is 0 Å². The van der Waals surface area contributed by atoms with Gasteiger partial charge in [0.25, 0.3) is 0 Å². The molecule has 0 aromatic heterocycles. The molecule has 2 N–H and O–H groups in total. The van der Waals surface area contributed by atoms with Crippen molar-refractivity contribution in [2.45, 2.75) is 25.6 Å². The maximum Gasteiger partial charge on any atom is 0.308 e. The Morgan fingerprint density at radius 2 is 1.89 bits per heavy atom. The van der Waals surface area contributed by atoms with E-state index in [0.717, 1.165) is 0 Å². The molecule has 1 aromatic rings. The van der Waals surface area contributed by atoms with Crippen LogP contribution in [0.25, 0.3) is 0 Å². The molecule has 0 aliphatic carbocycles. The summed E-state index contributed by atoms with van der Waals surface area (Å²) in [4.78, 5) is 11.2. The number of hydrogen-bond acceptors (Lipinski definition) is 5. The number of ether oxygens (including phenoxy) is 2. The Balaban J connectivity index is 2.61. The van der Waals surface area contributed by atoms with Gasteiger partial charge in [-0.05, 0) is 24.6 Å². The van der Waals surface area contributed by atoms with Crippen molar-refractivity contribution in [3.63, 3.8) is 0 Å². The van der Waals surface area contributed by atoms with Gasteiger partial charge in [0, 0.05) is 0 Å². The molecule has 5 heteroatoms. The van der Waals surface area contributed by atoms with Crippen LogP contribution in [-0.2, 0) is 9.53 Å². The molecule has 5 nitrogen and oxygen atoms in total. The van der Waals surface area contributed by atoms with Crippen LogP contribution in [-0.4, -0.2) is 36.0 Å². The standard InChI is InChI=1S/C13H18O5/c1-3-18-12(15)8-11(14)13(16)9-4-6-10(17-2)7-5-9/h4-7,11,13-14,16H,3,8H2,1-2H3. The predicted molar refractivity (Wildman–Crippen MR) is 65.2 cm³/mol. The van der Waals surface area contributed by atoms with Crippen LogP contribution in [0.1, 0.15) is 25.0 Å². The smallest absolute Gasteiger partial charge is 0.308 e. The molecule has 0 heterocycles. The van der Waals surface area contributed by atoms with E-state index in [2.05, 4.69) is 0 Å². The van der Waals surface area contributed by atoms with Gasteiger partial charge in [-0.1, -0.05) is 12.1 Å². The molecule has 1 aromatic carbocycles. The fraction of sp³-hybridized carbons (Fsp3) is 0.462. The van der Waals surface area contributed by atoms with E-state index in [1.165, 1.54) is 0 Å². The molecule has 0 radical (unpaired) electrons. The number of rotatable bonds is 6. The highest BCUT2D eigenvalue weighted by atomic mass is 16.5. The van der Waals surface area contributed by atoms with Gasteiger partial charge in [0.15, 0.2) is 0 Å². The SMILES string of the molecule is CCOC(=O)CC(O)C(O)c1ccc(OC)cc1. The molecular weight excluding hydrogens is 236 g/mol. The molecule has 0 bridgehead atoms. The summed E-state index contributed by atoms with van der Waals surface area (Å²) in [6.45, 7) is 1.94. The van der Waals surface area contributed by atoms with Crippen LogP contribution in [0.2, 0.25) is 0 Å². The number of aliphatic hydroxyl groups excluding tert-OH is 2. The summed E-state index contributed by atoms with van der Waals surface area (Å²) in [7, 11) is 1.54. The highest BCUT2D eigenvalue weighted by Crippen LogP contribution is 2.21. The average molecular weight is 254 g/mol. The molecule has 2 unspecified atom stereocenters. The molecule has 0 aliphatic rings. The van der Waals surface area contributed by atoms with E-state index in [1.54, 1.807) is 38.3 Å². The maximum absolute atomic E-state index is 11.2. The van der Waals surface area contributed by atoms with Crippen LogP contribution in [0.3, 0.4) is 0 Å². The van der Waals surface area contributed by atoms with Gasteiger partial charge in [0.1, 0.15) is 11.9 Å². The molecule has 0 amide bonds. The fourth-order valence-corrected chi connectivity index (χ4v) is 1.53. The highest BCUT2D eigenvalue weighted by Gasteiger charge is 2.21. The lowest BCUT2D eigenvalue weighted by Gasteiger charge is -2.17. The van der Waals surface area contributed by atoms with Gasteiger partial charge in [0.05, 0.1) is 26.2 Å². The number of carbonyl (C=O) groups excluding carboxylic acids is 1. The van der Waals surface area contributed by atoms with Crippen LogP contribution in [0, 0.1) is 0 Å². The van der Waals surface area contributed by atoms with E-state index in [1.807, 2.05) is 0 Å². The van der Waals surface area contributed by atoms with Crippen molar-refractivity contribution in [3.8, 4) is 5.75 Å². The summed E-state index contributed by atoms with van der Waals surface area (Å²) in [6.07, 6.45) is -2.54.